The number of halogens is 1. The van der Waals surface area contributed by atoms with Crippen molar-refractivity contribution in [1.29, 1.82) is 0 Å². The maximum atomic E-state index is 5.67. The van der Waals surface area contributed by atoms with Gasteiger partial charge in [0.25, 0.3) is 0 Å². The second kappa shape index (κ2) is 17.0. The van der Waals surface area contributed by atoms with Crippen LogP contribution in [0.15, 0.2) is 24.2 Å². The summed E-state index contributed by atoms with van der Waals surface area (Å²) in [5, 5.41) is 2.94. The summed E-state index contributed by atoms with van der Waals surface area (Å²) in [6.07, 6.45) is 1.25. The second-order valence-electron chi connectivity index (χ2n) is 2.32. The molecule has 0 bridgehead atoms. The Labute approximate surface area is 117 Å². The van der Waals surface area contributed by atoms with Gasteiger partial charge in [0.05, 0.1) is 0 Å². The summed E-state index contributed by atoms with van der Waals surface area (Å²) >= 11 is 2.06. The van der Waals surface area contributed by atoms with Crippen LogP contribution in [-0.4, -0.2) is 9.35 Å². The normalized spacial score (nSPS) is 10.4. The zero-order valence-electron chi connectivity index (χ0n) is 10.4. The van der Waals surface area contributed by atoms with Crippen molar-refractivity contribution in [3.63, 3.8) is 0 Å². The van der Waals surface area contributed by atoms with Crippen molar-refractivity contribution in [2.24, 2.45) is 11.5 Å². The molecule has 15 heavy (non-hydrogen) atoms. The van der Waals surface area contributed by atoms with Crippen LogP contribution in [0.1, 0.15) is 27.7 Å². The predicted molar refractivity (Wildman–Crippen MR) is 76.4 cm³/mol. The summed E-state index contributed by atoms with van der Waals surface area (Å²) in [5.74, 6) is 0.820. The summed E-state index contributed by atoms with van der Waals surface area (Å²) in [7, 11) is 1.85. The van der Waals surface area contributed by atoms with Gasteiger partial charge >= 0.3 is 85.9 Å². The fourth-order valence-corrected chi connectivity index (χ4v) is 4.03. The van der Waals surface area contributed by atoms with Crippen molar-refractivity contribution >= 4 is 18.6 Å². The monoisotopic (exact) mass is 401 g/mol. The van der Waals surface area contributed by atoms with Gasteiger partial charge in [-0.1, -0.05) is 20.4 Å². The van der Waals surface area contributed by atoms with Crippen LogP contribution < -0.4 is 16.8 Å². The van der Waals surface area contributed by atoms with Crippen molar-refractivity contribution in [2.45, 2.75) is 27.7 Å². The van der Waals surface area contributed by atoms with Crippen LogP contribution in [0.3, 0.4) is 0 Å². The SMILES string of the molecule is C=CN.CC.CN/C(N)=C(/C)[C](C)=[Y][I]. The molecule has 0 fully saturated rings. The molecule has 0 aliphatic heterocycles. The molecule has 0 saturated carbocycles. The van der Waals surface area contributed by atoms with E-state index in [1.807, 2.05) is 20.9 Å². The van der Waals surface area contributed by atoms with Crippen LogP contribution in [0.2, 0.25) is 0 Å². The van der Waals surface area contributed by atoms with E-state index in [-0.39, 0.29) is 0 Å². The van der Waals surface area contributed by atoms with E-state index in [0.717, 1.165) is 5.82 Å². The molecule has 0 aromatic heterocycles. The van der Waals surface area contributed by atoms with E-state index < -0.39 is 23.9 Å². The van der Waals surface area contributed by atoms with Crippen LogP contribution in [0.4, 0.5) is 0 Å². The molecule has 0 aromatic carbocycles. The number of hydrogen-bond donors (Lipinski definition) is 3. The van der Waals surface area contributed by atoms with E-state index in [9.17, 15) is 0 Å². The molecule has 0 aliphatic carbocycles. The number of hydrogen-bond acceptors (Lipinski definition) is 3. The van der Waals surface area contributed by atoms with Crippen LogP contribution in [0, 0.1) is 0 Å². The molecule has 0 aromatic rings. The van der Waals surface area contributed by atoms with E-state index in [1.165, 1.54) is 14.1 Å². The first-order chi connectivity index (χ1) is 7.04. The summed E-state index contributed by atoms with van der Waals surface area (Å²) in [6, 6.07) is 0. The van der Waals surface area contributed by atoms with Crippen LogP contribution in [0.25, 0.3) is 0 Å². The molecule has 0 saturated heterocycles. The molecule has 0 radical (unpaired) electrons. The Kier molecular flexibility index (Phi) is 23.7. The molecule has 0 aliphatic rings. The van der Waals surface area contributed by atoms with Crippen molar-refractivity contribution in [3.05, 3.63) is 24.2 Å². The molecule has 0 amide bonds. The molecular formula is C10H23IN3Y. The molecule has 3 nitrogen and oxygen atoms in total. The van der Waals surface area contributed by atoms with Gasteiger partial charge in [-0.3, -0.25) is 0 Å². The first-order valence-electron chi connectivity index (χ1n) is 4.79. The van der Waals surface area contributed by atoms with Crippen LogP contribution in [0.5, 0.6) is 0 Å². The number of nitrogens with one attached hydrogen (secondary N) is 1. The Bertz CT molecular complexity index is 213. The molecule has 0 unspecified atom stereocenters. The average Bonchev–Trinajstić information content (AvgIpc) is 2.29. The molecular weight excluding hydrogens is 378 g/mol. The fraction of sp³-hybridized carbons (Fsp3) is 0.500. The molecule has 88 valence electrons. The summed E-state index contributed by atoms with van der Waals surface area (Å²) in [6.45, 7) is 11.4. The van der Waals surface area contributed by atoms with Crippen LogP contribution >= 0.6 is 16.3 Å². The molecule has 5 N–H and O–H groups in total. The van der Waals surface area contributed by atoms with Crippen molar-refractivity contribution in [1.82, 2.24) is 5.32 Å². The Morgan fingerprint density at radius 3 is 1.93 bits per heavy atom. The van der Waals surface area contributed by atoms with Crippen molar-refractivity contribution < 1.29 is 23.9 Å². The summed E-state index contributed by atoms with van der Waals surface area (Å²) in [5.41, 5.74) is 11.5. The second-order valence-corrected chi connectivity index (χ2v) is 8.67. The third-order valence-corrected chi connectivity index (χ3v) is 8.82. The van der Waals surface area contributed by atoms with Gasteiger partial charge in [0.15, 0.2) is 0 Å². The Balaban J connectivity index is -0.000000245. The number of nitrogens with two attached hydrogens (primary N) is 2. The van der Waals surface area contributed by atoms with Gasteiger partial charge in [-0.2, -0.15) is 0 Å². The van der Waals surface area contributed by atoms with E-state index in [0.29, 0.717) is 0 Å². The van der Waals surface area contributed by atoms with Crippen molar-refractivity contribution in [3.8, 4) is 0 Å². The van der Waals surface area contributed by atoms with E-state index >= 15 is 0 Å². The van der Waals surface area contributed by atoms with Crippen molar-refractivity contribution in [2.75, 3.05) is 7.05 Å². The van der Waals surface area contributed by atoms with E-state index in [2.05, 4.69) is 47.8 Å². The average molecular weight is 401 g/mol. The van der Waals surface area contributed by atoms with Gasteiger partial charge in [0.1, 0.15) is 0 Å². The standard InChI is InChI=1S/C6H12N2.C2H5N.C2H6.HI.Y/c1-4-5(2)6(7)8-3;1-2-3;1-2;;/h8H,7H2,1-3H3;2H,1,3H2;1-2H3;1H;/q;;;;+1/p-1/b6-5-;;;;. The van der Waals surface area contributed by atoms with Gasteiger partial charge in [-0.15, -0.1) is 0 Å². The molecule has 0 spiro atoms. The van der Waals surface area contributed by atoms with Gasteiger partial charge in [-0.25, -0.2) is 0 Å². The zero-order valence-corrected chi connectivity index (χ0v) is 15.4. The van der Waals surface area contributed by atoms with Gasteiger partial charge in [0, 0.05) is 0 Å². The zero-order chi connectivity index (χ0) is 12.9. The number of rotatable bonds is 2. The molecule has 0 rings (SSSR count). The molecule has 5 heteroatoms. The Hall–Kier alpha value is 0.584. The Morgan fingerprint density at radius 2 is 1.73 bits per heavy atom. The minimum atomic E-state index is -0.452. The quantitative estimate of drug-likeness (QED) is 0.622. The van der Waals surface area contributed by atoms with Gasteiger partial charge in [0.2, 0.25) is 0 Å². The predicted octanol–water partition coefficient (Wildman–Crippen LogP) is 2.14. The van der Waals surface area contributed by atoms with Crippen LogP contribution in [-0.2, 0) is 23.9 Å². The minimum absolute atomic E-state index is 0.452. The first kappa shape index (κ1) is 20.9. The van der Waals surface area contributed by atoms with Gasteiger partial charge < -0.3 is 5.73 Å². The third-order valence-electron chi connectivity index (χ3n) is 1.43. The molecule has 0 atom stereocenters. The Morgan fingerprint density at radius 1 is 1.40 bits per heavy atom. The fourth-order valence-electron chi connectivity index (χ4n) is 0.482. The summed E-state index contributed by atoms with van der Waals surface area (Å²) < 4.78 is 1.52. The summed E-state index contributed by atoms with van der Waals surface area (Å²) in [4.78, 5) is 0. The van der Waals surface area contributed by atoms with E-state index in [1.54, 1.807) is 0 Å². The number of allylic oxidation sites excluding steroid dienone is 1. The third kappa shape index (κ3) is 14.6. The van der Waals surface area contributed by atoms with E-state index in [4.69, 9.17) is 5.73 Å². The first-order valence-corrected chi connectivity index (χ1v) is 14.6. The topological polar surface area (TPSA) is 64.1 Å². The van der Waals surface area contributed by atoms with Gasteiger partial charge in [-0.05, 0) is 6.20 Å². The maximum absolute atomic E-state index is 5.67. The molecule has 0 heterocycles.